The summed E-state index contributed by atoms with van der Waals surface area (Å²) in [7, 11) is 1.94. The van der Waals surface area contributed by atoms with Gasteiger partial charge >= 0.3 is 5.97 Å². The van der Waals surface area contributed by atoms with E-state index in [0.717, 1.165) is 6.54 Å². The Morgan fingerprint density at radius 3 is 2.44 bits per heavy atom. The second-order valence-corrected chi connectivity index (χ2v) is 5.85. The molecule has 0 aromatic rings. The predicted molar refractivity (Wildman–Crippen MR) is 62.1 cm³/mol. The van der Waals surface area contributed by atoms with E-state index in [2.05, 4.69) is 0 Å². The summed E-state index contributed by atoms with van der Waals surface area (Å²) in [4.78, 5) is 13.9. The summed E-state index contributed by atoms with van der Waals surface area (Å²) >= 11 is 0. The standard InChI is InChI=1S/C12H23NO3/c1-9(10(14)16-11(2,3)4)12(15)6-7-13(5)8-12/h9,15H,6-8H2,1-5H3. The summed E-state index contributed by atoms with van der Waals surface area (Å²) in [5.74, 6) is -0.790. The monoisotopic (exact) mass is 229 g/mol. The lowest BCUT2D eigenvalue weighted by atomic mass is 9.88. The summed E-state index contributed by atoms with van der Waals surface area (Å²) in [5.41, 5.74) is -1.43. The topological polar surface area (TPSA) is 49.8 Å². The number of aliphatic hydroxyl groups is 1. The zero-order valence-electron chi connectivity index (χ0n) is 10.9. The van der Waals surface area contributed by atoms with Crippen LogP contribution in [0.3, 0.4) is 0 Å². The maximum absolute atomic E-state index is 11.9. The third kappa shape index (κ3) is 3.19. The number of carbonyl (C=O) groups excluding carboxylic acids is 1. The van der Waals surface area contributed by atoms with Crippen LogP contribution in [0.4, 0.5) is 0 Å². The minimum atomic E-state index is -0.933. The Hall–Kier alpha value is -0.610. The predicted octanol–water partition coefficient (Wildman–Crippen LogP) is 1.03. The Morgan fingerprint density at radius 1 is 1.50 bits per heavy atom. The van der Waals surface area contributed by atoms with Crippen molar-refractivity contribution in [3.63, 3.8) is 0 Å². The maximum atomic E-state index is 11.9. The smallest absolute Gasteiger partial charge is 0.312 e. The molecule has 0 bridgehead atoms. The van der Waals surface area contributed by atoms with Gasteiger partial charge in [0.1, 0.15) is 5.60 Å². The zero-order valence-corrected chi connectivity index (χ0v) is 10.9. The van der Waals surface area contributed by atoms with Gasteiger partial charge in [-0.1, -0.05) is 0 Å². The first kappa shape index (κ1) is 13.5. The number of rotatable bonds is 2. The van der Waals surface area contributed by atoms with E-state index in [1.807, 2.05) is 32.7 Å². The fourth-order valence-corrected chi connectivity index (χ4v) is 1.97. The van der Waals surface area contributed by atoms with E-state index in [4.69, 9.17) is 4.74 Å². The van der Waals surface area contributed by atoms with Crippen LogP contribution in [0.25, 0.3) is 0 Å². The highest BCUT2D eigenvalue weighted by atomic mass is 16.6. The van der Waals surface area contributed by atoms with Crippen LogP contribution >= 0.6 is 0 Å². The molecule has 1 aliphatic rings. The number of ether oxygens (including phenoxy) is 1. The minimum absolute atomic E-state index is 0.315. The van der Waals surface area contributed by atoms with E-state index in [-0.39, 0.29) is 5.97 Å². The molecule has 1 saturated heterocycles. The first-order chi connectivity index (χ1) is 7.14. The summed E-state index contributed by atoms with van der Waals surface area (Å²) in [5, 5.41) is 10.4. The highest BCUT2D eigenvalue weighted by molar-refractivity contribution is 5.74. The second-order valence-electron chi connectivity index (χ2n) is 5.85. The average Bonchev–Trinajstić information content (AvgIpc) is 2.43. The molecule has 1 heterocycles. The lowest BCUT2D eigenvalue weighted by molar-refractivity contribution is -0.168. The van der Waals surface area contributed by atoms with E-state index < -0.39 is 17.1 Å². The average molecular weight is 229 g/mol. The van der Waals surface area contributed by atoms with Crippen molar-refractivity contribution in [1.29, 1.82) is 0 Å². The van der Waals surface area contributed by atoms with Gasteiger partial charge in [0, 0.05) is 13.1 Å². The number of carbonyl (C=O) groups is 1. The Morgan fingerprint density at radius 2 is 2.06 bits per heavy atom. The van der Waals surface area contributed by atoms with E-state index in [9.17, 15) is 9.90 Å². The van der Waals surface area contributed by atoms with Crippen molar-refractivity contribution < 1.29 is 14.6 Å². The molecular weight excluding hydrogens is 206 g/mol. The van der Waals surface area contributed by atoms with E-state index in [1.165, 1.54) is 0 Å². The van der Waals surface area contributed by atoms with Crippen molar-refractivity contribution in [3.05, 3.63) is 0 Å². The third-order valence-corrected chi connectivity index (χ3v) is 3.04. The van der Waals surface area contributed by atoms with Gasteiger partial charge in [0.05, 0.1) is 11.5 Å². The van der Waals surface area contributed by atoms with Crippen molar-refractivity contribution >= 4 is 5.97 Å². The summed E-state index contributed by atoms with van der Waals surface area (Å²) in [6.45, 7) is 8.61. The van der Waals surface area contributed by atoms with Crippen LogP contribution in [-0.2, 0) is 9.53 Å². The SMILES string of the molecule is CC(C(=O)OC(C)(C)C)C1(O)CCN(C)C1. The van der Waals surface area contributed by atoms with Crippen LogP contribution in [-0.4, -0.2) is 47.3 Å². The van der Waals surface area contributed by atoms with Crippen LogP contribution in [0.5, 0.6) is 0 Å². The number of likely N-dealkylation sites (tertiary alicyclic amines) is 1. The van der Waals surface area contributed by atoms with Gasteiger partial charge in [-0.15, -0.1) is 0 Å². The highest BCUT2D eigenvalue weighted by Crippen LogP contribution is 2.29. The quantitative estimate of drug-likeness (QED) is 0.719. The van der Waals surface area contributed by atoms with Gasteiger partial charge in [-0.3, -0.25) is 4.79 Å². The number of esters is 1. The summed E-state index contributed by atoms with van der Waals surface area (Å²) in [6, 6.07) is 0. The molecule has 1 rings (SSSR count). The van der Waals surface area contributed by atoms with Crippen LogP contribution in [0, 0.1) is 5.92 Å². The number of likely N-dealkylation sites (N-methyl/N-ethyl adjacent to an activating group) is 1. The number of nitrogens with zero attached hydrogens (tertiary/aromatic N) is 1. The number of hydrogen-bond donors (Lipinski definition) is 1. The molecule has 0 saturated carbocycles. The van der Waals surface area contributed by atoms with E-state index in [1.54, 1.807) is 6.92 Å². The van der Waals surface area contributed by atoms with Gasteiger partial charge in [0.15, 0.2) is 0 Å². The van der Waals surface area contributed by atoms with Gasteiger partial charge in [0.25, 0.3) is 0 Å². The van der Waals surface area contributed by atoms with Crippen molar-refractivity contribution in [2.75, 3.05) is 20.1 Å². The molecule has 0 aromatic heterocycles. The molecule has 2 unspecified atom stereocenters. The first-order valence-electron chi connectivity index (χ1n) is 5.78. The molecule has 16 heavy (non-hydrogen) atoms. The lowest BCUT2D eigenvalue weighted by Gasteiger charge is -2.30. The summed E-state index contributed by atoms with van der Waals surface area (Å²) in [6.07, 6.45) is 0.629. The molecule has 1 N–H and O–H groups in total. The fourth-order valence-electron chi connectivity index (χ4n) is 1.97. The minimum Gasteiger partial charge on any atom is -0.460 e. The van der Waals surface area contributed by atoms with Gasteiger partial charge in [-0.2, -0.15) is 0 Å². The summed E-state index contributed by atoms with van der Waals surface area (Å²) < 4.78 is 5.29. The van der Waals surface area contributed by atoms with Crippen LogP contribution < -0.4 is 0 Å². The van der Waals surface area contributed by atoms with Crippen molar-refractivity contribution in [3.8, 4) is 0 Å². The van der Waals surface area contributed by atoms with Crippen LogP contribution in [0.1, 0.15) is 34.1 Å². The molecular formula is C12H23NO3. The Kier molecular flexibility index (Phi) is 3.65. The molecule has 1 fully saturated rings. The van der Waals surface area contributed by atoms with Crippen LogP contribution in [0.15, 0.2) is 0 Å². The third-order valence-electron chi connectivity index (χ3n) is 3.04. The number of β-amino-alcohol motifs (C(OH)–C–C–N with tert-alkyl or cyclic N) is 1. The van der Waals surface area contributed by atoms with Gasteiger partial charge in [-0.25, -0.2) is 0 Å². The Labute approximate surface area is 97.6 Å². The maximum Gasteiger partial charge on any atom is 0.312 e. The first-order valence-corrected chi connectivity index (χ1v) is 5.78. The van der Waals surface area contributed by atoms with E-state index in [0.29, 0.717) is 13.0 Å². The molecule has 0 amide bonds. The molecule has 4 nitrogen and oxygen atoms in total. The van der Waals surface area contributed by atoms with Crippen molar-refractivity contribution in [1.82, 2.24) is 4.90 Å². The zero-order chi connectivity index (χ0) is 12.6. The Bertz CT molecular complexity index is 272. The molecule has 0 radical (unpaired) electrons. The van der Waals surface area contributed by atoms with Gasteiger partial charge < -0.3 is 14.7 Å². The second kappa shape index (κ2) is 4.34. The molecule has 0 spiro atoms. The lowest BCUT2D eigenvalue weighted by Crippen LogP contribution is -2.45. The van der Waals surface area contributed by atoms with E-state index >= 15 is 0 Å². The van der Waals surface area contributed by atoms with Gasteiger partial charge in [0.2, 0.25) is 0 Å². The van der Waals surface area contributed by atoms with Gasteiger partial charge in [-0.05, 0) is 41.2 Å². The van der Waals surface area contributed by atoms with Crippen molar-refractivity contribution in [2.24, 2.45) is 5.92 Å². The molecule has 2 atom stereocenters. The molecule has 94 valence electrons. The molecule has 0 aromatic carbocycles. The van der Waals surface area contributed by atoms with Crippen molar-refractivity contribution in [2.45, 2.75) is 45.3 Å². The number of hydrogen-bond acceptors (Lipinski definition) is 4. The Balaban J connectivity index is 2.64. The molecule has 0 aliphatic carbocycles. The normalized spacial score (nSPS) is 29.1. The largest absolute Gasteiger partial charge is 0.460 e. The highest BCUT2D eigenvalue weighted by Gasteiger charge is 2.44. The molecule has 1 aliphatic heterocycles. The molecule has 4 heteroatoms. The fraction of sp³-hybridized carbons (Fsp3) is 0.917. The van der Waals surface area contributed by atoms with Crippen LogP contribution in [0.2, 0.25) is 0 Å².